The highest BCUT2D eigenvalue weighted by Crippen LogP contribution is 2.20. The van der Waals surface area contributed by atoms with Gasteiger partial charge in [0.2, 0.25) is 5.91 Å². The van der Waals surface area contributed by atoms with Crippen molar-refractivity contribution in [3.63, 3.8) is 0 Å². The Morgan fingerprint density at radius 1 is 1.04 bits per heavy atom. The third kappa shape index (κ3) is 4.45. The van der Waals surface area contributed by atoms with Gasteiger partial charge < -0.3 is 14.5 Å². The number of carbonyl (C=O) groups is 2. The van der Waals surface area contributed by atoms with E-state index in [1.807, 2.05) is 29.2 Å². The molecule has 1 aliphatic heterocycles. The number of halogens is 1. The fourth-order valence-electron chi connectivity index (χ4n) is 3.23. The standard InChI is InChI=1S/C21H23FN2O3/c1-15(25)17-4-6-18(7-5-17)23-9-11-24(12-10-23)21(26)14-16-3-8-20(27-2)19(22)13-16/h3-8,13H,9-12,14H2,1-2H3. The van der Waals surface area contributed by atoms with Gasteiger partial charge in [0.15, 0.2) is 17.3 Å². The van der Waals surface area contributed by atoms with Gasteiger partial charge in [-0.2, -0.15) is 0 Å². The van der Waals surface area contributed by atoms with Crippen molar-refractivity contribution in [1.82, 2.24) is 4.90 Å². The number of anilines is 1. The second-order valence-corrected chi connectivity index (χ2v) is 6.62. The molecule has 5 nitrogen and oxygen atoms in total. The van der Waals surface area contributed by atoms with Crippen LogP contribution in [0.4, 0.5) is 10.1 Å². The van der Waals surface area contributed by atoms with Gasteiger partial charge in [0.1, 0.15) is 0 Å². The van der Waals surface area contributed by atoms with Crippen LogP contribution in [-0.4, -0.2) is 49.9 Å². The van der Waals surface area contributed by atoms with Gasteiger partial charge in [0.25, 0.3) is 0 Å². The molecule has 27 heavy (non-hydrogen) atoms. The Morgan fingerprint density at radius 3 is 2.26 bits per heavy atom. The maximum atomic E-state index is 13.8. The first-order chi connectivity index (χ1) is 13.0. The number of methoxy groups -OCH3 is 1. The van der Waals surface area contributed by atoms with Gasteiger partial charge in [-0.1, -0.05) is 6.07 Å². The van der Waals surface area contributed by atoms with E-state index >= 15 is 0 Å². The highest BCUT2D eigenvalue weighted by atomic mass is 19.1. The van der Waals surface area contributed by atoms with E-state index in [2.05, 4.69) is 4.90 Å². The van der Waals surface area contributed by atoms with Gasteiger partial charge in [0.05, 0.1) is 13.5 Å². The second-order valence-electron chi connectivity index (χ2n) is 6.62. The molecule has 0 radical (unpaired) electrons. The maximum Gasteiger partial charge on any atom is 0.227 e. The molecule has 0 saturated carbocycles. The van der Waals surface area contributed by atoms with Gasteiger partial charge in [-0.3, -0.25) is 9.59 Å². The topological polar surface area (TPSA) is 49.9 Å². The van der Waals surface area contributed by atoms with E-state index < -0.39 is 5.82 Å². The van der Waals surface area contributed by atoms with Gasteiger partial charge >= 0.3 is 0 Å². The second kappa shape index (κ2) is 8.20. The Morgan fingerprint density at radius 2 is 1.70 bits per heavy atom. The molecule has 1 saturated heterocycles. The van der Waals surface area contributed by atoms with Crippen LogP contribution in [0, 0.1) is 5.82 Å². The van der Waals surface area contributed by atoms with Crippen LogP contribution in [0.3, 0.4) is 0 Å². The zero-order chi connectivity index (χ0) is 19.4. The quantitative estimate of drug-likeness (QED) is 0.760. The smallest absolute Gasteiger partial charge is 0.227 e. The Balaban J connectivity index is 1.56. The Labute approximate surface area is 158 Å². The number of ketones is 1. The lowest BCUT2D eigenvalue weighted by Gasteiger charge is -2.36. The first kappa shape index (κ1) is 18.9. The van der Waals surface area contributed by atoms with E-state index in [0.717, 1.165) is 18.8 Å². The number of ether oxygens (including phenoxy) is 1. The minimum absolute atomic E-state index is 0.00820. The summed E-state index contributed by atoms with van der Waals surface area (Å²) in [6.45, 7) is 4.23. The van der Waals surface area contributed by atoms with E-state index in [1.54, 1.807) is 19.1 Å². The number of hydrogen-bond acceptors (Lipinski definition) is 4. The number of hydrogen-bond donors (Lipinski definition) is 0. The summed E-state index contributed by atoms with van der Waals surface area (Å²) in [7, 11) is 1.41. The van der Waals surface area contributed by atoms with Crippen molar-refractivity contribution in [1.29, 1.82) is 0 Å². The molecule has 0 atom stereocenters. The monoisotopic (exact) mass is 370 g/mol. The number of Topliss-reactive ketones (excluding diaryl/α,β-unsaturated/α-hetero) is 1. The molecule has 1 heterocycles. The fourth-order valence-corrected chi connectivity index (χ4v) is 3.23. The molecular formula is C21H23FN2O3. The van der Waals surface area contributed by atoms with E-state index in [0.29, 0.717) is 24.2 Å². The molecule has 6 heteroatoms. The minimum atomic E-state index is -0.457. The molecule has 0 spiro atoms. The van der Waals surface area contributed by atoms with Crippen molar-refractivity contribution >= 4 is 17.4 Å². The van der Waals surface area contributed by atoms with Crippen LogP contribution in [0.1, 0.15) is 22.8 Å². The third-order valence-corrected chi connectivity index (χ3v) is 4.84. The summed E-state index contributed by atoms with van der Waals surface area (Å²) >= 11 is 0. The molecule has 1 amide bonds. The molecular weight excluding hydrogens is 347 g/mol. The summed E-state index contributed by atoms with van der Waals surface area (Å²) in [5.41, 5.74) is 2.38. The summed E-state index contributed by atoms with van der Waals surface area (Å²) in [4.78, 5) is 27.9. The molecule has 0 N–H and O–H groups in total. The molecule has 0 aromatic heterocycles. The molecule has 3 rings (SSSR count). The first-order valence-electron chi connectivity index (χ1n) is 8.94. The van der Waals surface area contributed by atoms with Crippen molar-refractivity contribution in [2.24, 2.45) is 0 Å². The molecule has 0 bridgehead atoms. The molecule has 2 aromatic rings. The SMILES string of the molecule is COc1ccc(CC(=O)N2CCN(c3ccc(C(C)=O)cc3)CC2)cc1F. The van der Waals surface area contributed by atoms with E-state index in [1.165, 1.54) is 13.2 Å². The Bertz CT molecular complexity index is 828. The van der Waals surface area contributed by atoms with E-state index in [9.17, 15) is 14.0 Å². The fraction of sp³-hybridized carbons (Fsp3) is 0.333. The molecule has 2 aromatic carbocycles. The van der Waals surface area contributed by atoms with Crippen LogP contribution < -0.4 is 9.64 Å². The number of carbonyl (C=O) groups excluding carboxylic acids is 2. The van der Waals surface area contributed by atoms with Crippen LogP contribution in [0.5, 0.6) is 5.75 Å². The maximum absolute atomic E-state index is 13.8. The number of rotatable bonds is 5. The molecule has 0 aliphatic carbocycles. The lowest BCUT2D eigenvalue weighted by molar-refractivity contribution is -0.130. The number of amides is 1. The van der Waals surface area contributed by atoms with Gasteiger partial charge in [0, 0.05) is 37.4 Å². The molecule has 1 aliphatic rings. The largest absolute Gasteiger partial charge is 0.494 e. The van der Waals surface area contributed by atoms with Gasteiger partial charge in [-0.25, -0.2) is 4.39 Å². The van der Waals surface area contributed by atoms with Crippen LogP contribution in [0.25, 0.3) is 0 Å². The van der Waals surface area contributed by atoms with Crippen molar-refractivity contribution < 1.29 is 18.7 Å². The van der Waals surface area contributed by atoms with Crippen LogP contribution in [0.15, 0.2) is 42.5 Å². The third-order valence-electron chi connectivity index (χ3n) is 4.84. The summed E-state index contributed by atoms with van der Waals surface area (Å²) in [5, 5.41) is 0. The van der Waals surface area contributed by atoms with Crippen LogP contribution in [0.2, 0.25) is 0 Å². The Kier molecular flexibility index (Phi) is 5.74. The number of piperazine rings is 1. The van der Waals surface area contributed by atoms with Crippen molar-refractivity contribution in [3.8, 4) is 5.75 Å². The predicted molar refractivity (Wildman–Crippen MR) is 102 cm³/mol. The lowest BCUT2D eigenvalue weighted by atomic mass is 10.1. The van der Waals surface area contributed by atoms with Gasteiger partial charge in [-0.15, -0.1) is 0 Å². The van der Waals surface area contributed by atoms with E-state index in [4.69, 9.17) is 4.74 Å². The summed E-state index contributed by atoms with van der Waals surface area (Å²) < 4.78 is 18.7. The molecule has 142 valence electrons. The van der Waals surface area contributed by atoms with Crippen molar-refractivity contribution in [2.45, 2.75) is 13.3 Å². The predicted octanol–water partition coefficient (Wildman–Crippen LogP) is 2.93. The normalized spacial score (nSPS) is 14.2. The summed E-state index contributed by atoms with van der Waals surface area (Å²) in [6, 6.07) is 12.1. The minimum Gasteiger partial charge on any atom is -0.494 e. The Hall–Kier alpha value is -2.89. The highest BCUT2D eigenvalue weighted by molar-refractivity contribution is 5.94. The lowest BCUT2D eigenvalue weighted by Crippen LogP contribution is -2.49. The van der Waals surface area contributed by atoms with Gasteiger partial charge in [-0.05, 0) is 48.9 Å². The number of benzene rings is 2. The summed E-state index contributed by atoms with van der Waals surface area (Å²) in [5.74, 6) is -0.240. The molecule has 0 unspecified atom stereocenters. The number of nitrogens with zero attached hydrogens (tertiary/aromatic N) is 2. The van der Waals surface area contributed by atoms with Crippen molar-refractivity contribution in [2.75, 3.05) is 38.2 Å². The van der Waals surface area contributed by atoms with Crippen LogP contribution in [-0.2, 0) is 11.2 Å². The highest BCUT2D eigenvalue weighted by Gasteiger charge is 2.21. The van der Waals surface area contributed by atoms with Crippen LogP contribution >= 0.6 is 0 Å². The zero-order valence-electron chi connectivity index (χ0n) is 15.6. The summed E-state index contributed by atoms with van der Waals surface area (Å²) in [6.07, 6.45) is 0.175. The van der Waals surface area contributed by atoms with E-state index in [-0.39, 0.29) is 23.9 Å². The first-order valence-corrected chi connectivity index (χ1v) is 8.94. The molecule has 1 fully saturated rings. The van der Waals surface area contributed by atoms with Crippen molar-refractivity contribution in [3.05, 3.63) is 59.4 Å². The average Bonchev–Trinajstić information content (AvgIpc) is 2.68. The zero-order valence-corrected chi connectivity index (χ0v) is 15.6. The average molecular weight is 370 g/mol.